The molecule has 5 heteroatoms. The molecule has 1 heterocycles. The zero-order valence-electron chi connectivity index (χ0n) is 7.91. The molecule has 1 aromatic heterocycles. The molecule has 1 aromatic carbocycles. The third-order valence-electron chi connectivity index (χ3n) is 2.06. The molecule has 2 N–H and O–H groups in total. The van der Waals surface area contributed by atoms with Crippen LogP contribution in [0.25, 0.3) is 11.3 Å². The first kappa shape index (κ1) is 9.83. The zero-order valence-corrected chi connectivity index (χ0v) is 7.91. The average Bonchev–Trinajstić information content (AvgIpc) is 2.30. The lowest BCUT2D eigenvalue weighted by atomic mass is 9.79. The van der Waals surface area contributed by atoms with Crippen LogP contribution in [0.2, 0.25) is 0 Å². The van der Waals surface area contributed by atoms with E-state index < -0.39 is 7.12 Å². The van der Waals surface area contributed by atoms with Crippen LogP contribution in [0.1, 0.15) is 0 Å². The first-order chi connectivity index (χ1) is 7.27. The minimum Gasteiger partial charge on any atom is -0.423 e. The smallest absolute Gasteiger partial charge is 0.423 e. The Labute approximate surface area is 87.4 Å². The fraction of sp³-hybridized carbons (Fsp3) is 0. The summed E-state index contributed by atoms with van der Waals surface area (Å²) in [6.07, 6.45) is 3.10. The highest BCUT2D eigenvalue weighted by Gasteiger charge is 2.11. The van der Waals surface area contributed by atoms with Gasteiger partial charge in [0.2, 0.25) is 0 Å². The molecule has 0 unspecified atom stereocenters. The molecule has 2 rings (SSSR count). The van der Waals surface area contributed by atoms with Gasteiger partial charge in [-0.25, -0.2) is 9.97 Å². The van der Waals surface area contributed by atoms with E-state index in [0.29, 0.717) is 5.46 Å². The Balaban J connectivity index is 2.42. The molecule has 0 aliphatic heterocycles. The Kier molecular flexibility index (Phi) is 2.76. The third-order valence-corrected chi connectivity index (χ3v) is 2.06. The van der Waals surface area contributed by atoms with Gasteiger partial charge in [-0.3, -0.25) is 0 Å². The molecule has 4 nitrogen and oxygen atoms in total. The molecule has 0 spiro atoms. The van der Waals surface area contributed by atoms with E-state index in [9.17, 15) is 0 Å². The minimum atomic E-state index is -1.45. The Hall–Kier alpha value is -1.72. The van der Waals surface area contributed by atoms with Gasteiger partial charge in [0.25, 0.3) is 0 Å². The van der Waals surface area contributed by atoms with Crippen LogP contribution in [0.3, 0.4) is 0 Å². The summed E-state index contributed by atoms with van der Waals surface area (Å²) in [6, 6.07) is 8.71. The van der Waals surface area contributed by atoms with Crippen molar-refractivity contribution >= 4 is 12.6 Å². The molecule has 0 saturated carbocycles. The van der Waals surface area contributed by atoms with Gasteiger partial charge in [0, 0.05) is 6.20 Å². The monoisotopic (exact) mass is 200 g/mol. The number of rotatable bonds is 2. The molecule has 0 saturated heterocycles. The Morgan fingerprint density at radius 1 is 1.13 bits per heavy atom. The predicted octanol–water partition coefficient (Wildman–Crippen LogP) is -0.177. The van der Waals surface area contributed by atoms with Gasteiger partial charge >= 0.3 is 7.12 Å². The van der Waals surface area contributed by atoms with E-state index in [-0.39, 0.29) is 0 Å². The second-order valence-corrected chi connectivity index (χ2v) is 3.09. The number of hydrogen-bond donors (Lipinski definition) is 2. The molecule has 0 radical (unpaired) electrons. The molecule has 0 atom stereocenters. The van der Waals surface area contributed by atoms with Crippen molar-refractivity contribution in [3.8, 4) is 11.3 Å². The van der Waals surface area contributed by atoms with Crippen LogP contribution in [0.5, 0.6) is 0 Å². The SMILES string of the molecule is OB(O)c1cccc(-c2ccncn2)c1. The highest BCUT2D eigenvalue weighted by Crippen LogP contribution is 2.13. The van der Waals surface area contributed by atoms with E-state index in [1.165, 1.54) is 6.33 Å². The van der Waals surface area contributed by atoms with E-state index in [2.05, 4.69) is 9.97 Å². The van der Waals surface area contributed by atoms with Crippen LogP contribution < -0.4 is 5.46 Å². The van der Waals surface area contributed by atoms with Gasteiger partial charge in [-0.2, -0.15) is 0 Å². The summed E-state index contributed by atoms with van der Waals surface area (Å²) in [5, 5.41) is 18.0. The van der Waals surface area contributed by atoms with Crippen molar-refractivity contribution in [3.63, 3.8) is 0 Å². The molecule has 0 fully saturated rings. The summed E-state index contributed by atoms with van der Waals surface area (Å²) >= 11 is 0. The molecule has 15 heavy (non-hydrogen) atoms. The van der Waals surface area contributed by atoms with E-state index in [1.807, 2.05) is 6.07 Å². The first-order valence-corrected chi connectivity index (χ1v) is 4.50. The zero-order chi connectivity index (χ0) is 10.7. The topological polar surface area (TPSA) is 66.2 Å². The summed E-state index contributed by atoms with van der Waals surface area (Å²) in [6.45, 7) is 0. The lowest BCUT2D eigenvalue weighted by molar-refractivity contribution is 0.426. The fourth-order valence-corrected chi connectivity index (χ4v) is 1.32. The number of nitrogens with zero attached hydrogens (tertiary/aromatic N) is 2. The predicted molar refractivity (Wildman–Crippen MR) is 57.3 cm³/mol. The lowest BCUT2D eigenvalue weighted by Crippen LogP contribution is -2.29. The Morgan fingerprint density at radius 3 is 2.67 bits per heavy atom. The van der Waals surface area contributed by atoms with Crippen molar-refractivity contribution in [2.24, 2.45) is 0 Å². The van der Waals surface area contributed by atoms with Crippen LogP contribution in [0, 0.1) is 0 Å². The van der Waals surface area contributed by atoms with Crippen molar-refractivity contribution in [3.05, 3.63) is 42.9 Å². The van der Waals surface area contributed by atoms with E-state index in [4.69, 9.17) is 10.0 Å². The largest absolute Gasteiger partial charge is 0.488 e. The highest BCUT2D eigenvalue weighted by molar-refractivity contribution is 6.58. The third kappa shape index (κ3) is 2.20. The second-order valence-electron chi connectivity index (χ2n) is 3.09. The van der Waals surface area contributed by atoms with Crippen LogP contribution in [-0.2, 0) is 0 Å². The maximum Gasteiger partial charge on any atom is 0.488 e. The fourth-order valence-electron chi connectivity index (χ4n) is 1.32. The Morgan fingerprint density at radius 2 is 2.00 bits per heavy atom. The molecule has 0 aliphatic carbocycles. The van der Waals surface area contributed by atoms with Gasteiger partial charge in [-0.15, -0.1) is 0 Å². The average molecular weight is 200 g/mol. The van der Waals surface area contributed by atoms with Crippen LogP contribution >= 0.6 is 0 Å². The van der Waals surface area contributed by atoms with Gasteiger partial charge in [-0.05, 0) is 17.1 Å². The molecule has 2 aromatic rings. The van der Waals surface area contributed by atoms with Crippen LogP contribution in [0.15, 0.2) is 42.9 Å². The highest BCUT2D eigenvalue weighted by atomic mass is 16.4. The second kappa shape index (κ2) is 4.21. The Bertz CT molecular complexity index is 448. The molecule has 0 amide bonds. The van der Waals surface area contributed by atoms with E-state index >= 15 is 0 Å². The number of aromatic nitrogens is 2. The van der Waals surface area contributed by atoms with Gasteiger partial charge in [0.1, 0.15) is 6.33 Å². The molecule has 0 aliphatic rings. The molecule has 0 bridgehead atoms. The number of benzene rings is 1. The van der Waals surface area contributed by atoms with Gasteiger partial charge < -0.3 is 10.0 Å². The standard InChI is InChI=1S/C10H9BN2O2/c14-11(15)9-3-1-2-8(6-9)10-4-5-12-7-13-10/h1-7,14-15H. The maximum absolute atomic E-state index is 9.02. The van der Waals surface area contributed by atoms with Crippen molar-refractivity contribution in [2.75, 3.05) is 0 Å². The van der Waals surface area contributed by atoms with Gasteiger partial charge in [0.05, 0.1) is 5.69 Å². The molecular formula is C10H9BN2O2. The normalized spacial score (nSPS) is 10.0. The quantitative estimate of drug-likeness (QED) is 0.660. The van der Waals surface area contributed by atoms with Gasteiger partial charge in [-0.1, -0.05) is 24.3 Å². The first-order valence-electron chi connectivity index (χ1n) is 4.50. The van der Waals surface area contributed by atoms with Gasteiger partial charge in [0.15, 0.2) is 0 Å². The number of hydrogen-bond acceptors (Lipinski definition) is 4. The summed E-state index contributed by atoms with van der Waals surface area (Å²) in [5.41, 5.74) is 2.04. The van der Waals surface area contributed by atoms with Crippen molar-refractivity contribution in [2.45, 2.75) is 0 Å². The summed E-state index contributed by atoms with van der Waals surface area (Å²) in [4.78, 5) is 7.89. The van der Waals surface area contributed by atoms with Crippen LogP contribution in [0.4, 0.5) is 0 Å². The van der Waals surface area contributed by atoms with E-state index in [1.54, 1.807) is 30.5 Å². The van der Waals surface area contributed by atoms with E-state index in [0.717, 1.165) is 11.3 Å². The van der Waals surface area contributed by atoms with Crippen molar-refractivity contribution in [1.82, 2.24) is 9.97 Å². The summed E-state index contributed by atoms with van der Waals surface area (Å²) in [7, 11) is -1.45. The van der Waals surface area contributed by atoms with Crippen LogP contribution in [-0.4, -0.2) is 27.1 Å². The maximum atomic E-state index is 9.02. The molecule has 74 valence electrons. The molecular weight excluding hydrogens is 191 g/mol. The van der Waals surface area contributed by atoms with Crippen molar-refractivity contribution in [1.29, 1.82) is 0 Å². The summed E-state index contributed by atoms with van der Waals surface area (Å²) < 4.78 is 0. The van der Waals surface area contributed by atoms with Crippen molar-refractivity contribution < 1.29 is 10.0 Å². The minimum absolute atomic E-state index is 0.450. The lowest BCUT2D eigenvalue weighted by Gasteiger charge is -2.03. The summed E-state index contributed by atoms with van der Waals surface area (Å²) in [5.74, 6) is 0.